The second kappa shape index (κ2) is 12.2. The van der Waals surface area contributed by atoms with Gasteiger partial charge in [-0.3, -0.25) is 14.6 Å². The molecular formula is C31H26F2N6O6. The van der Waals surface area contributed by atoms with Gasteiger partial charge in [-0.25, -0.2) is 13.8 Å². The Morgan fingerprint density at radius 3 is 2.40 bits per heavy atom. The summed E-state index contributed by atoms with van der Waals surface area (Å²) in [4.78, 5) is 38.7. The Kier molecular flexibility index (Phi) is 8.04. The van der Waals surface area contributed by atoms with Gasteiger partial charge in [0.25, 0.3) is 11.8 Å². The topological polar surface area (TPSA) is 151 Å². The van der Waals surface area contributed by atoms with Crippen LogP contribution in [0.2, 0.25) is 0 Å². The molecule has 0 spiro atoms. The molecule has 6 rings (SSSR count). The summed E-state index contributed by atoms with van der Waals surface area (Å²) in [7, 11) is 3.07. The zero-order valence-corrected chi connectivity index (χ0v) is 24.1. The third kappa shape index (κ3) is 6.13. The minimum Gasteiger partial charge on any atom is -0.496 e. The summed E-state index contributed by atoms with van der Waals surface area (Å²) in [5.41, 5.74) is 0.0384. The fourth-order valence-electron chi connectivity index (χ4n) is 4.62. The van der Waals surface area contributed by atoms with E-state index in [9.17, 15) is 14.0 Å². The summed E-state index contributed by atoms with van der Waals surface area (Å²) in [5, 5.41) is 9.65. The van der Waals surface area contributed by atoms with E-state index in [0.717, 1.165) is 6.07 Å². The number of aromatic nitrogens is 4. The van der Waals surface area contributed by atoms with Crippen molar-refractivity contribution in [2.24, 2.45) is 5.41 Å². The van der Waals surface area contributed by atoms with Crippen molar-refractivity contribution in [2.45, 2.75) is 19.3 Å². The van der Waals surface area contributed by atoms with Crippen LogP contribution in [0.1, 0.15) is 18.7 Å². The van der Waals surface area contributed by atoms with Crippen molar-refractivity contribution in [2.75, 3.05) is 31.5 Å². The molecule has 2 amide bonds. The maximum Gasteiger partial charge on any atom is 0.261 e. The van der Waals surface area contributed by atoms with E-state index in [0.29, 0.717) is 59.6 Å². The van der Waals surface area contributed by atoms with Gasteiger partial charge in [-0.05, 0) is 49.2 Å². The highest BCUT2D eigenvalue weighted by Gasteiger charge is 2.56. The number of nitrogens with one attached hydrogen (secondary N) is 2. The molecule has 0 radical (unpaired) electrons. The smallest absolute Gasteiger partial charge is 0.261 e. The number of halogens is 2. The Hall–Kier alpha value is -5.50. The number of carbonyl (C=O) groups excluding carboxylic acids is 2. The van der Waals surface area contributed by atoms with Crippen molar-refractivity contribution in [3.05, 3.63) is 78.4 Å². The predicted molar refractivity (Wildman–Crippen MR) is 157 cm³/mol. The fraction of sp³-hybridized carbons (Fsp3) is 0.226. The van der Waals surface area contributed by atoms with E-state index in [1.165, 1.54) is 43.8 Å². The Balaban J connectivity index is 1.20. The van der Waals surface area contributed by atoms with Crippen molar-refractivity contribution in [1.82, 2.24) is 20.1 Å². The Morgan fingerprint density at radius 2 is 1.71 bits per heavy atom. The van der Waals surface area contributed by atoms with Gasteiger partial charge in [-0.1, -0.05) is 5.16 Å². The number of hydrogen-bond acceptors (Lipinski definition) is 10. The zero-order valence-electron chi connectivity index (χ0n) is 24.1. The molecule has 1 aliphatic carbocycles. The quantitative estimate of drug-likeness (QED) is 0.187. The van der Waals surface area contributed by atoms with Crippen molar-refractivity contribution in [1.29, 1.82) is 0 Å². The maximum absolute atomic E-state index is 15.2. The molecule has 0 aliphatic heterocycles. The van der Waals surface area contributed by atoms with Crippen LogP contribution in [-0.2, 0) is 20.7 Å². The lowest BCUT2D eigenvalue weighted by molar-refractivity contribution is -0.131. The van der Waals surface area contributed by atoms with E-state index in [1.807, 2.05) is 0 Å². The number of fused-ring (bicyclic) bond motifs is 1. The number of amides is 2. The highest BCUT2D eigenvalue weighted by molar-refractivity contribution is 6.16. The number of carbonyl (C=O) groups is 2. The first-order chi connectivity index (χ1) is 21.8. The van der Waals surface area contributed by atoms with E-state index < -0.39 is 28.9 Å². The third-order valence-corrected chi connectivity index (χ3v) is 7.24. The molecule has 1 saturated carbocycles. The van der Waals surface area contributed by atoms with Gasteiger partial charge in [0.15, 0.2) is 11.6 Å². The first kappa shape index (κ1) is 29.6. The van der Waals surface area contributed by atoms with E-state index in [1.54, 1.807) is 25.3 Å². The summed E-state index contributed by atoms with van der Waals surface area (Å²) in [6.45, 7) is 0.421. The monoisotopic (exact) mass is 616 g/mol. The first-order valence-corrected chi connectivity index (χ1v) is 13.8. The summed E-state index contributed by atoms with van der Waals surface area (Å²) in [6.07, 6.45) is 3.79. The number of benzene rings is 2. The highest BCUT2D eigenvalue weighted by Crippen LogP contribution is 2.47. The van der Waals surface area contributed by atoms with Gasteiger partial charge in [0.2, 0.25) is 11.8 Å². The molecular weight excluding hydrogens is 590 g/mol. The summed E-state index contributed by atoms with van der Waals surface area (Å²) in [6, 6.07) is 11.1. The predicted octanol–water partition coefficient (Wildman–Crippen LogP) is 5.31. The number of methoxy groups -OCH3 is 2. The number of rotatable bonds is 11. The van der Waals surface area contributed by atoms with Crippen LogP contribution in [0.4, 0.5) is 20.2 Å². The third-order valence-electron chi connectivity index (χ3n) is 7.24. The first-order valence-electron chi connectivity index (χ1n) is 13.8. The van der Waals surface area contributed by atoms with Gasteiger partial charge in [0.05, 0.1) is 36.7 Å². The van der Waals surface area contributed by atoms with Crippen LogP contribution >= 0.6 is 0 Å². The molecule has 0 atom stereocenters. The zero-order chi connectivity index (χ0) is 31.6. The lowest BCUT2D eigenvalue weighted by Gasteiger charge is -2.16. The summed E-state index contributed by atoms with van der Waals surface area (Å²) < 4.78 is 50.3. The van der Waals surface area contributed by atoms with Crippen LogP contribution in [0.15, 0.2) is 65.4 Å². The SMILES string of the molecule is COCCc1noc(-c2cc3c(Oc4ncc(NC(=O)C5(C(=O)Nc6ccc(F)cc6)CC5)cc4F)ccnc3cc2OC)n1. The maximum atomic E-state index is 15.2. The number of ether oxygens (including phenoxy) is 3. The number of hydrogen-bond donors (Lipinski definition) is 2. The van der Waals surface area contributed by atoms with Crippen LogP contribution in [0.3, 0.4) is 0 Å². The molecule has 230 valence electrons. The summed E-state index contributed by atoms with van der Waals surface area (Å²) in [5.74, 6) is -1.47. The second-order valence-corrected chi connectivity index (χ2v) is 10.2. The molecule has 0 saturated heterocycles. The van der Waals surface area contributed by atoms with Crippen LogP contribution in [0.25, 0.3) is 22.4 Å². The fourth-order valence-corrected chi connectivity index (χ4v) is 4.62. The molecule has 0 bridgehead atoms. The van der Waals surface area contributed by atoms with Gasteiger partial charge in [0.1, 0.15) is 22.7 Å². The van der Waals surface area contributed by atoms with Crippen LogP contribution < -0.4 is 20.1 Å². The van der Waals surface area contributed by atoms with Crippen molar-refractivity contribution in [3.63, 3.8) is 0 Å². The van der Waals surface area contributed by atoms with Crippen molar-refractivity contribution in [3.8, 4) is 28.8 Å². The van der Waals surface area contributed by atoms with Crippen molar-refractivity contribution >= 4 is 34.1 Å². The molecule has 5 aromatic rings. The number of anilines is 2. The largest absolute Gasteiger partial charge is 0.496 e. The molecule has 12 nitrogen and oxygen atoms in total. The molecule has 0 unspecified atom stereocenters. The van der Waals surface area contributed by atoms with Gasteiger partial charge in [0, 0.05) is 42.9 Å². The van der Waals surface area contributed by atoms with Crippen molar-refractivity contribution < 1.29 is 37.1 Å². The van der Waals surface area contributed by atoms with E-state index in [4.69, 9.17) is 18.7 Å². The molecule has 3 heterocycles. The van der Waals surface area contributed by atoms with Gasteiger partial charge in [-0.15, -0.1) is 0 Å². The number of pyridine rings is 2. The van der Waals surface area contributed by atoms with Gasteiger partial charge >= 0.3 is 0 Å². The summed E-state index contributed by atoms with van der Waals surface area (Å²) >= 11 is 0. The highest BCUT2D eigenvalue weighted by atomic mass is 19.1. The van der Waals surface area contributed by atoms with E-state index >= 15 is 4.39 Å². The molecule has 14 heteroatoms. The minimum absolute atomic E-state index is 0.0398. The Labute approximate surface area is 254 Å². The van der Waals surface area contributed by atoms with Crippen LogP contribution in [0, 0.1) is 17.0 Å². The second-order valence-electron chi connectivity index (χ2n) is 10.2. The average Bonchev–Trinajstić information content (AvgIpc) is 3.73. The van der Waals surface area contributed by atoms with Gasteiger partial charge in [-0.2, -0.15) is 4.98 Å². The molecule has 45 heavy (non-hydrogen) atoms. The van der Waals surface area contributed by atoms with Crippen LogP contribution in [-0.4, -0.2) is 52.7 Å². The van der Waals surface area contributed by atoms with Crippen LogP contribution in [0.5, 0.6) is 17.4 Å². The normalized spacial score (nSPS) is 13.3. The number of nitrogens with zero attached hydrogens (tertiary/aromatic N) is 4. The Morgan fingerprint density at radius 1 is 0.956 bits per heavy atom. The molecule has 1 aliphatic rings. The minimum atomic E-state index is -1.32. The molecule has 2 N–H and O–H groups in total. The lowest BCUT2D eigenvalue weighted by atomic mass is 10.0. The van der Waals surface area contributed by atoms with E-state index in [2.05, 4.69) is 30.7 Å². The lowest BCUT2D eigenvalue weighted by Crippen LogP contribution is -2.35. The molecule has 2 aromatic carbocycles. The molecule has 3 aromatic heterocycles. The average molecular weight is 617 g/mol. The van der Waals surface area contributed by atoms with Gasteiger partial charge < -0.3 is 29.4 Å². The standard InChI is InChI=1S/C31H26F2N6O6/c1-42-12-8-26-38-27(45-39-26)21-14-20-23(15-25(21)43-2)34-11-7-24(20)44-28-22(33)13-19(16-35-28)37-30(41)31(9-10-31)29(40)36-18-5-3-17(32)4-6-18/h3-7,11,13-16H,8-10,12H2,1-2H3,(H,36,40)(H,37,41). The van der Waals surface area contributed by atoms with E-state index in [-0.39, 0.29) is 23.2 Å². The Bertz CT molecular complexity index is 1890. The molecule has 1 fully saturated rings.